The first-order valence-electron chi connectivity index (χ1n) is 7.36. The first kappa shape index (κ1) is 15.2. The van der Waals surface area contributed by atoms with Crippen LogP contribution in [0.4, 0.5) is 5.69 Å². The minimum absolute atomic E-state index is 0.0724. The second-order valence-corrected chi connectivity index (χ2v) is 6.74. The third kappa shape index (κ3) is 2.68. The Morgan fingerprint density at radius 1 is 1.32 bits per heavy atom. The minimum Gasteiger partial charge on any atom is -0.482 e. The maximum absolute atomic E-state index is 11.3. The zero-order chi connectivity index (χ0) is 16.1. The molecule has 118 valence electrons. The molecule has 0 atom stereocenters. The number of aromatic nitrogens is 1. The number of hydrogen-bond donors (Lipinski definition) is 0. The Bertz CT molecular complexity index is 599. The van der Waals surface area contributed by atoms with E-state index in [0.717, 1.165) is 12.8 Å². The van der Waals surface area contributed by atoms with Crippen molar-refractivity contribution in [3.8, 4) is 5.75 Å². The molecule has 0 bridgehead atoms. The van der Waals surface area contributed by atoms with Gasteiger partial charge < -0.3 is 14.0 Å². The number of nitro groups is 1. The number of ether oxygens (including phenoxy) is 1. The van der Waals surface area contributed by atoms with Gasteiger partial charge in [0, 0.05) is 6.07 Å². The second kappa shape index (κ2) is 4.92. The van der Waals surface area contributed by atoms with Gasteiger partial charge in [-0.2, -0.15) is 0 Å². The third-order valence-corrected chi connectivity index (χ3v) is 4.38. The Kier molecular flexibility index (Phi) is 3.41. The highest BCUT2D eigenvalue weighted by Crippen LogP contribution is 2.37. The molecule has 2 heterocycles. The van der Waals surface area contributed by atoms with E-state index in [9.17, 15) is 10.1 Å². The summed E-state index contributed by atoms with van der Waals surface area (Å²) in [5.41, 5.74) is -0.755. The van der Waals surface area contributed by atoms with Crippen molar-refractivity contribution in [3.63, 3.8) is 0 Å². The van der Waals surface area contributed by atoms with Gasteiger partial charge in [-0.25, -0.2) is 0 Å². The lowest BCUT2D eigenvalue weighted by atomic mass is 9.84. The molecule has 0 aromatic carbocycles. The van der Waals surface area contributed by atoms with Crippen molar-refractivity contribution in [3.05, 3.63) is 22.4 Å². The number of hydrogen-bond acceptors (Lipinski definition) is 6. The van der Waals surface area contributed by atoms with Gasteiger partial charge in [0.2, 0.25) is 5.75 Å². The molecule has 1 aliphatic carbocycles. The van der Waals surface area contributed by atoms with Crippen LogP contribution in [0, 0.1) is 10.1 Å². The van der Waals surface area contributed by atoms with Crippen molar-refractivity contribution in [2.75, 3.05) is 0 Å². The van der Waals surface area contributed by atoms with Gasteiger partial charge in [0.15, 0.2) is 0 Å². The normalized spacial score (nSPS) is 22.6. The van der Waals surface area contributed by atoms with Crippen LogP contribution in [0.15, 0.2) is 12.3 Å². The fourth-order valence-corrected chi connectivity index (χ4v) is 2.14. The minimum atomic E-state index is -0.723. The molecule has 0 amide bonds. The molecule has 3 rings (SSSR count). The van der Waals surface area contributed by atoms with Gasteiger partial charge in [0.05, 0.1) is 34.0 Å². The van der Waals surface area contributed by atoms with Gasteiger partial charge in [0.25, 0.3) is 0 Å². The molecule has 1 saturated heterocycles. The molecule has 22 heavy (non-hydrogen) atoms. The van der Waals surface area contributed by atoms with E-state index in [-0.39, 0.29) is 17.5 Å². The van der Waals surface area contributed by atoms with Gasteiger partial charge in [-0.05, 0) is 40.5 Å². The number of rotatable bonds is 4. The van der Waals surface area contributed by atoms with Crippen LogP contribution in [0.1, 0.15) is 40.5 Å². The summed E-state index contributed by atoms with van der Waals surface area (Å²) >= 11 is 0. The van der Waals surface area contributed by atoms with E-state index in [1.54, 1.807) is 0 Å². The molecule has 0 radical (unpaired) electrons. The summed E-state index contributed by atoms with van der Waals surface area (Å²) in [6.07, 6.45) is 3.31. The summed E-state index contributed by atoms with van der Waals surface area (Å²) in [6, 6.07) is 1.37. The molecular weight excluding hydrogens is 287 g/mol. The smallest absolute Gasteiger partial charge is 0.482 e. The van der Waals surface area contributed by atoms with Crippen LogP contribution >= 0.6 is 0 Å². The molecule has 0 N–H and O–H groups in total. The summed E-state index contributed by atoms with van der Waals surface area (Å²) in [7, 11) is -0.723. The molecule has 7 nitrogen and oxygen atoms in total. The van der Waals surface area contributed by atoms with Gasteiger partial charge >= 0.3 is 12.8 Å². The maximum atomic E-state index is 11.3. The van der Waals surface area contributed by atoms with Gasteiger partial charge in [-0.15, -0.1) is 0 Å². The third-order valence-electron chi connectivity index (χ3n) is 4.38. The molecule has 8 heteroatoms. The van der Waals surface area contributed by atoms with E-state index in [1.807, 2.05) is 27.7 Å². The van der Waals surface area contributed by atoms with Crippen LogP contribution in [-0.4, -0.2) is 34.3 Å². The Hall–Kier alpha value is -1.67. The summed E-state index contributed by atoms with van der Waals surface area (Å²) in [5, 5.41) is 11.3. The topological polar surface area (TPSA) is 83.7 Å². The lowest BCUT2D eigenvalue weighted by molar-refractivity contribution is -0.385. The molecule has 1 aromatic rings. The van der Waals surface area contributed by atoms with E-state index < -0.39 is 23.2 Å². The van der Waals surface area contributed by atoms with E-state index in [1.165, 1.54) is 12.3 Å². The molecule has 1 saturated carbocycles. The Labute approximate surface area is 129 Å². The predicted octanol–water partition coefficient (Wildman–Crippen LogP) is 1.83. The fraction of sp³-hybridized carbons (Fsp3) is 0.643. The van der Waals surface area contributed by atoms with Crippen LogP contribution in [0.5, 0.6) is 5.75 Å². The molecule has 0 spiro atoms. The summed E-state index contributed by atoms with van der Waals surface area (Å²) in [5.74, 6) is 0.202. The molecule has 2 aliphatic rings. The summed E-state index contributed by atoms with van der Waals surface area (Å²) in [6.45, 7) is 7.69. The van der Waals surface area contributed by atoms with Gasteiger partial charge in [0.1, 0.15) is 0 Å². The quantitative estimate of drug-likeness (QED) is 0.479. The average Bonchev–Trinajstić information content (AvgIpc) is 3.17. The van der Waals surface area contributed by atoms with Crippen LogP contribution in [0.2, 0.25) is 0 Å². The van der Waals surface area contributed by atoms with E-state index >= 15 is 0 Å². The monoisotopic (exact) mass is 306 g/mol. The van der Waals surface area contributed by atoms with Crippen molar-refractivity contribution < 1.29 is 19.0 Å². The first-order chi connectivity index (χ1) is 10.2. The van der Waals surface area contributed by atoms with Crippen molar-refractivity contribution in [1.29, 1.82) is 0 Å². The first-order valence-corrected chi connectivity index (χ1v) is 7.36. The lowest BCUT2D eigenvalue weighted by Crippen LogP contribution is -2.41. The van der Waals surface area contributed by atoms with Crippen molar-refractivity contribution in [2.45, 2.75) is 57.8 Å². The van der Waals surface area contributed by atoms with Crippen molar-refractivity contribution in [2.24, 2.45) is 0 Å². The molecule has 2 fully saturated rings. The second-order valence-electron chi connectivity index (χ2n) is 6.74. The predicted molar refractivity (Wildman–Crippen MR) is 80.3 cm³/mol. The van der Waals surface area contributed by atoms with Gasteiger partial charge in [-0.3, -0.25) is 15.1 Å². The number of pyridine rings is 1. The Morgan fingerprint density at radius 2 is 1.91 bits per heavy atom. The zero-order valence-electron chi connectivity index (χ0n) is 13.2. The summed E-state index contributed by atoms with van der Waals surface area (Å²) < 4.78 is 17.3. The highest BCUT2D eigenvalue weighted by atomic mass is 16.7. The van der Waals surface area contributed by atoms with Crippen LogP contribution in [-0.2, 0) is 9.31 Å². The molecular formula is C14H19BN2O5. The van der Waals surface area contributed by atoms with Crippen LogP contribution in [0.3, 0.4) is 0 Å². The van der Waals surface area contributed by atoms with E-state index in [0.29, 0.717) is 5.59 Å². The maximum Gasteiger partial charge on any atom is 0.514 e. The van der Waals surface area contributed by atoms with E-state index in [4.69, 9.17) is 14.0 Å². The van der Waals surface area contributed by atoms with Crippen molar-refractivity contribution >= 4 is 18.4 Å². The average molecular weight is 306 g/mol. The SMILES string of the molecule is CC1(C)OB(c2cc([N+](=O)[O-])c(OC3CC3)cn2)OC1(C)C. The fourth-order valence-electron chi connectivity index (χ4n) is 2.14. The lowest BCUT2D eigenvalue weighted by Gasteiger charge is -2.32. The van der Waals surface area contributed by atoms with E-state index in [2.05, 4.69) is 4.98 Å². The van der Waals surface area contributed by atoms with Gasteiger partial charge in [-0.1, -0.05) is 0 Å². The van der Waals surface area contributed by atoms with Crippen molar-refractivity contribution in [1.82, 2.24) is 4.98 Å². The molecule has 0 unspecified atom stereocenters. The Morgan fingerprint density at radius 3 is 2.41 bits per heavy atom. The largest absolute Gasteiger partial charge is 0.514 e. The highest BCUT2D eigenvalue weighted by Gasteiger charge is 2.52. The molecule has 1 aliphatic heterocycles. The standard InChI is InChI=1S/C14H19BN2O5/c1-13(2)14(3,4)22-15(21-13)12-7-10(17(18)19)11(8-16-12)20-9-5-6-9/h7-9H,5-6H2,1-4H3. The molecule has 1 aromatic heterocycles. The Balaban J connectivity index is 1.89. The number of nitrogens with zero attached hydrogens (tertiary/aromatic N) is 2. The highest BCUT2D eigenvalue weighted by molar-refractivity contribution is 6.61. The van der Waals surface area contributed by atoms with Crippen LogP contribution in [0.25, 0.3) is 0 Å². The summed E-state index contributed by atoms with van der Waals surface area (Å²) in [4.78, 5) is 15.0. The zero-order valence-corrected chi connectivity index (χ0v) is 13.2. The van der Waals surface area contributed by atoms with Crippen LogP contribution < -0.4 is 10.3 Å².